The third-order valence-electron chi connectivity index (χ3n) is 4.59. The third kappa shape index (κ3) is 6.43. The van der Waals surface area contributed by atoms with Crippen LogP contribution in [-0.2, 0) is 0 Å². The number of halogens is 1. The summed E-state index contributed by atoms with van der Waals surface area (Å²) in [6.07, 6.45) is 0.889. The van der Waals surface area contributed by atoms with E-state index < -0.39 is 0 Å². The molecule has 0 aliphatic carbocycles. The summed E-state index contributed by atoms with van der Waals surface area (Å²) in [5.74, 6) is 0.362. The Labute approximate surface area is 191 Å². The Hall–Kier alpha value is -3.12. The highest BCUT2D eigenvalue weighted by Crippen LogP contribution is 2.26. The van der Waals surface area contributed by atoms with Crippen molar-refractivity contribution in [1.82, 2.24) is 0 Å². The highest BCUT2D eigenvalue weighted by molar-refractivity contribution is 9.10. The molecule has 0 aliphatic heterocycles. The molecule has 0 heterocycles. The van der Waals surface area contributed by atoms with Crippen LogP contribution in [0.15, 0.2) is 77.3 Å². The molecule has 0 saturated carbocycles. The lowest BCUT2D eigenvalue weighted by Crippen LogP contribution is -2.19. The second-order valence-corrected chi connectivity index (χ2v) is 8.41. The molecule has 3 rings (SSSR count). The minimum Gasteiger partial charge on any atom is -0.493 e. The molecular formula is C25H25BrN2O3. The van der Waals surface area contributed by atoms with Crippen molar-refractivity contribution in [2.75, 3.05) is 17.2 Å². The van der Waals surface area contributed by atoms with Crippen LogP contribution >= 0.6 is 15.9 Å². The minimum absolute atomic E-state index is 0.301. The monoisotopic (exact) mass is 480 g/mol. The van der Waals surface area contributed by atoms with Gasteiger partial charge in [-0.15, -0.1) is 0 Å². The van der Waals surface area contributed by atoms with Crippen LogP contribution < -0.4 is 15.4 Å². The summed E-state index contributed by atoms with van der Waals surface area (Å²) in [7, 11) is 0. The Morgan fingerprint density at radius 3 is 2.29 bits per heavy atom. The molecule has 0 atom stereocenters. The molecule has 31 heavy (non-hydrogen) atoms. The van der Waals surface area contributed by atoms with E-state index in [-0.39, 0.29) is 11.8 Å². The predicted octanol–water partition coefficient (Wildman–Crippen LogP) is 6.38. The Kier molecular flexibility index (Phi) is 7.84. The van der Waals surface area contributed by atoms with Crippen LogP contribution in [0, 0.1) is 5.92 Å². The summed E-state index contributed by atoms with van der Waals surface area (Å²) < 4.78 is 6.63. The SMILES string of the molecule is CC(C)CCOc1ccc(Br)cc1C(=O)Nc1ccccc1C(=O)Nc1ccccc1. The van der Waals surface area contributed by atoms with E-state index >= 15 is 0 Å². The number of rotatable bonds is 8. The summed E-state index contributed by atoms with van der Waals surface area (Å²) in [4.78, 5) is 25.9. The minimum atomic E-state index is -0.346. The van der Waals surface area contributed by atoms with Crippen LogP contribution in [0.2, 0.25) is 0 Å². The van der Waals surface area contributed by atoms with Gasteiger partial charge in [0, 0.05) is 10.2 Å². The van der Waals surface area contributed by atoms with Gasteiger partial charge in [0.25, 0.3) is 11.8 Å². The normalized spacial score (nSPS) is 10.6. The lowest BCUT2D eigenvalue weighted by Gasteiger charge is -2.15. The van der Waals surface area contributed by atoms with E-state index in [1.54, 1.807) is 48.5 Å². The highest BCUT2D eigenvalue weighted by Gasteiger charge is 2.18. The number of hydrogen-bond acceptors (Lipinski definition) is 3. The van der Waals surface area contributed by atoms with Gasteiger partial charge in [0.05, 0.1) is 23.4 Å². The van der Waals surface area contributed by atoms with Gasteiger partial charge < -0.3 is 15.4 Å². The molecule has 3 aromatic carbocycles. The van der Waals surface area contributed by atoms with Gasteiger partial charge in [0.2, 0.25) is 0 Å². The van der Waals surface area contributed by atoms with E-state index in [2.05, 4.69) is 40.4 Å². The Balaban J connectivity index is 1.80. The van der Waals surface area contributed by atoms with Crippen LogP contribution in [0.3, 0.4) is 0 Å². The maximum absolute atomic E-state index is 13.1. The van der Waals surface area contributed by atoms with Crippen molar-refractivity contribution in [3.05, 3.63) is 88.4 Å². The predicted molar refractivity (Wildman–Crippen MR) is 128 cm³/mol. The van der Waals surface area contributed by atoms with Crippen LogP contribution in [0.25, 0.3) is 0 Å². The van der Waals surface area contributed by atoms with Gasteiger partial charge in [-0.3, -0.25) is 9.59 Å². The fourth-order valence-electron chi connectivity index (χ4n) is 2.91. The molecule has 0 saturated heterocycles. The number of hydrogen-bond donors (Lipinski definition) is 2. The zero-order valence-electron chi connectivity index (χ0n) is 17.5. The molecule has 5 nitrogen and oxygen atoms in total. The van der Waals surface area contributed by atoms with Crippen LogP contribution in [0.4, 0.5) is 11.4 Å². The van der Waals surface area contributed by atoms with Gasteiger partial charge in [-0.2, -0.15) is 0 Å². The smallest absolute Gasteiger partial charge is 0.259 e. The van der Waals surface area contributed by atoms with Crippen LogP contribution in [0.1, 0.15) is 41.0 Å². The molecule has 0 aliphatic rings. The second-order valence-electron chi connectivity index (χ2n) is 7.49. The number of carbonyl (C=O) groups excluding carboxylic acids is 2. The van der Waals surface area contributed by atoms with E-state index in [4.69, 9.17) is 4.74 Å². The van der Waals surface area contributed by atoms with E-state index in [9.17, 15) is 9.59 Å². The summed E-state index contributed by atoms with van der Waals surface area (Å²) in [6, 6.07) is 21.4. The zero-order chi connectivity index (χ0) is 22.2. The maximum atomic E-state index is 13.1. The number of nitrogens with one attached hydrogen (secondary N) is 2. The fraction of sp³-hybridized carbons (Fsp3) is 0.200. The number of carbonyl (C=O) groups is 2. The average molecular weight is 481 g/mol. The number of benzene rings is 3. The number of anilines is 2. The first kappa shape index (κ1) is 22.6. The first-order valence-electron chi connectivity index (χ1n) is 10.1. The van der Waals surface area contributed by atoms with Crippen LogP contribution in [-0.4, -0.2) is 18.4 Å². The molecule has 3 aromatic rings. The molecule has 2 N–H and O–H groups in total. The third-order valence-corrected chi connectivity index (χ3v) is 5.08. The van der Waals surface area contributed by atoms with E-state index in [1.807, 2.05) is 24.3 Å². The van der Waals surface area contributed by atoms with Crippen molar-refractivity contribution in [2.24, 2.45) is 5.92 Å². The second kappa shape index (κ2) is 10.8. The number of para-hydroxylation sites is 2. The lowest BCUT2D eigenvalue weighted by atomic mass is 10.1. The number of ether oxygens (including phenoxy) is 1. The lowest BCUT2D eigenvalue weighted by molar-refractivity contribution is 0.102. The van der Waals surface area contributed by atoms with Crippen molar-refractivity contribution in [3.8, 4) is 5.75 Å². The van der Waals surface area contributed by atoms with Crippen molar-refractivity contribution in [1.29, 1.82) is 0 Å². The molecule has 0 spiro atoms. The summed E-state index contributed by atoms with van der Waals surface area (Å²) in [5.41, 5.74) is 1.88. The highest BCUT2D eigenvalue weighted by atomic mass is 79.9. The molecule has 160 valence electrons. The topological polar surface area (TPSA) is 67.4 Å². The number of amides is 2. The first-order chi connectivity index (χ1) is 14.9. The van der Waals surface area contributed by atoms with Gasteiger partial charge >= 0.3 is 0 Å². The maximum Gasteiger partial charge on any atom is 0.259 e. The van der Waals surface area contributed by atoms with Gasteiger partial charge in [-0.25, -0.2) is 0 Å². The summed E-state index contributed by atoms with van der Waals surface area (Å²) >= 11 is 3.42. The zero-order valence-corrected chi connectivity index (χ0v) is 19.1. The molecule has 0 fully saturated rings. The molecule has 0 unspecified atom stereocenters. The molecule has 0 aromatic heterocycles. The van der Waals surface area contributed by atoms with E-state index in [1.165, 1.54) is 0 Å². The van der Waals surface area contributed by atoms with E-state index in [0.717, 1.165) is 10.9 Å². The Morgan fingerprint density at radius 2 is 1.55 bits per heavy atom. The Bertz CT molecular complexity index is 1050. The standard InChI is InChI=1S/C25H25BrN2O3/c1-17(2)14-15-31-23-13-12-18(26)16-21(23)25(30)28-22-11-7-6-10-20(22)24(29)27-19-8-4-3-5-9-19/h3-13,16-17H,14-15H2,1-2H3,(H,27,29)(H,28,30). The molecular weight excluding hydrogens is 456 g/mol. The fourth-order valence-corrected chi connectivity index (χ4v) is 3.27. The van der Waals surface area contributed by atoms with Gasteiger partial charge in [0.15, 0.2) is 0 Å². The molecule has 0 radical (unpaired) electrons. The quantitative estimate of drug-likeness (QED) is 0.393. The van der Waals surface area contributed by atoms with E-state index in [0.29, 0.717) is 40.8 Å². The summed E-state index contributed by atoms with van der Waals surface area (Å²) in [5, 5.41) is 5.71. The molecule has 6 heteroatoms. The first-order valence-corrected chi connectivity index (χ1v) is 10.9. The van der Waals surface area contributed by atoms with Gasteiger partial charge in [0.1, 0.15) is 5.75 Å². The molecule has 2 amide bonds. The Morgan fingerprint density at radius 1 is 0.871 bits per heavy atom. The van der Waals surface area contributed by atoms with Gasteiger partial charge in [-0.1, -0.05) is 60.1 Å². The average Bonchev–Trinajstić information content (AvgIpc) is 2.75. The van der Waals surface area contributed by atoms with Crippen LogP contribution in [0.5, 0.6) is 5.75 Å². The van der Waals surface area contributed by atoms with Gasteiger partial charge in [-0.05, 0) is 54.8 Å². The molecule has 0 bridgehead atoms. The van der Waals surface area contributed by atoms with Crippen molar-refractivity contribution in [2.45, 2.75) is 20.3 Å². The van der Waals surface area contributed by atoms with Crippen molar-refractivity contribution >= 4 is 39.1 Å². The van der Waals surface area contributed by atoms with Crippen molar-refractivity contribution < 1.29 is 14.3 Å². The largest absolute Gasteiger partial charge is 0.493 e. The summed E-state index contributed by atoms with van der Waals surface area (Å²) in [6.45, 7) is 4.77. The van der Waals surface area contributed by atoms with Crippen molar-refractivity contribution in [3.63, 3.8) is 0 Å².